The number of hydrogen-bond acceptors (Lipinski definition) is 3. The van der Waals surface area contributed by atoms with Gasteiger partial charge in [0.05, 0.1) is 10.6 Å². The van der Waals surface area contributed by atoms with Gasteiger partial charge in [0.25, 0.3) is 15.9 Å². The number of amides is 1. The van der Waals surface area contributed by atoms with Crippen LogP contribution >= 0.6 is 0 Å². The lowest BCUT2D eigenvalue weighted by Gasteiger charge is -2.22. The molecule has 0 radical (unpaired) electrons. The van der Waals surface area contributed by atoms with Crippen molar-refractivity contribution < 1.29 is 13.2 Å². The summed E-state index contributed by atoms with van der Waals surface area (Å²) in [6, 6.07) is 19.3. The number of aryl methyl sites for hydroxylation is 3. The summed E-state index contributed by atoms with van der Waals surface area (Å²) in [6.07, 6.45) is 0.817. The first-order chi connectivity index (χ1) is 14.3. The van der Waals surface area contributed by atoms with Gasteiger partial charge in [-0.15, -0.1) is 0 Å². The van der Waals surface area contributed by atoms with Crippen LogP contribution in [0.1, 0.15) is 34.0 Å². The van der Waals surface area contributed by atoms with Gasteiger partial charge in [-0.3, -0.25) is 9.10 Å². The highest BCUT2D eigenvalue weighted by atomic mass is 32.2. The first kappa shape index (κ1) is 21.6. The summed E-state index contributed by atoms with van der Waals surface area (Å²) >= 11 is 0. The van der Waals surface area contributed by atoms with Gasteiger partial charge in [0, 0.05) is 18.3 Å². The molecular formula is C24H26N2O3S. The summed E-state index contributed by atoms with van der Waals surface area (Å²) in [6.45, 7) is 5.81. The zero-order valence-electron chi connectivity index (χ0n) is 17.6. The molecular weight excluding hydrogens is 396 g/mol. The van der Waals surface area contributed by atoms with Gasteiger partial charge < -0.3 is 5.32 Å². The SMILES string of the molecule is CCc1cccc(C)c1NC(=O)c1ccc(N(C)S(=O)(=O)c2ccccc2)c(C)c1. The first-order valence-corrected chi connectivity index (χ1v) is 11.2. The summed E-state index contributed by atoms with van der Waals surface area (Å²) in [7, 11) is -2.16. The minimum Gasteiger partial charge on any atom is -0.321 e. The molecule has 0 atom stereocenters. The van der Waals surface area contributed by atoms with Crippen molar-refractivity contribution in [3.8, 4) is 0 Å². The van der Waals surface area contributed by atoms with E-state index in [4.69, 9.17) is 0 Å². The van der Waals surface area contributed by atoms with Crippen molar-refractivity contribution in [1.29, 1.82) is 0 Å². The molecule has 0 heterocycles. The maximum Gasteiger partial charge on any atom is 0.264 e. The van der Waals surface area contributed by atoms with Crippen molar-refractivity contribution in [2.75, 3.05) is 16.7 Å². The predicted octanol–water partition coefficient (Wildman–Crippen LogP) is 4.94. The van der Waals surface area contributed by atoms with Crippen LogP contribution in [0.4, 0.5) is 11.4 Å². The minimum atomic E-state index is -3.68. The van der Waals surface area contributed by atoms with E-state index in [2.05, 4.69) is 5.32 Å². The van der Waals surface area contributed by atoms with Gasteiger partial charge in [0.2, 0.25) is 0 Å². The highest BCUT2D eigenvalue weighted by molar-refractivity contribution is 7.92. The summed E-state index contributed by atoms with van der Waals surface area (Å²) in [5.41, 5.74) is 4.61. The second-order valence-electron chi connectivity index (χ2n) is 7.20. The Hall–Kier alpha value is -3.12. The average Bonchev–Trinajstić information content (AvgIpc) is 2.75. The molecule has 156 valence electrons. The molecule has 0 saturated heterocycles. The Labute approximate surface area is 178 Å². The summed E-state index contributed by atoms with van der Waals surface area (Å²) in [5.74, 6) is -0.220. The van der Waals surface area contributed by atoms with E-state index in [1.54, 1.807) is 55.5 Å². The highest BCUT2D eigenvalue weighted by Crippen LogP contribution is 2.27. The maximum absolute atomic E-state index is 12.9. The van der Waals surface area contributed by atoms with Crippen molar-refractivity contribution in [1.82, 2.24) is 0 Å². The smallest absolute Gasteiger partial charge is 0.264 e. The molecule has 0 aliphatic heterocycles. The Kier molecular flexibility index (Phi) is 6.27. The van der Waals surface area contributed by atoms with E-state index in [0.717, 1.165) is 23.2 Å². The molecule has 0 spiro atoms. The van der Waals surface area contributed by atoms with Crippen LogP contribution in [0.15, 0.2) is 71.6 Å². The average molecular weight is 423 g/mol. The zero-order valence-corrected chi connectivity index (χ0v) is 18.5. The lowest BCUT2D eigenvalue weighted by Crippen LogP contribution is -2.27. The van der Waals surface area contributed by atoms with Crippen molar-refractivity contribution in [2.45, 2.75) is 32.1 Å². The van der Waals surface area contributed by atoms with Crippen molar-refractivity contribution >= 4 is 27.3 Å². The van der Waals surface area contributed by atoms with E-state index in [-0.39, 0.29) is 10.8 Å². The van der Waals surface area contributed by atoms with Gasteiger partial charge in [-0.2, -0.15) is 0 Å². The molecule has 3 aromatic carbocycles. The normalized spacial score (nSPS) is 11.2. The van der Waals surface area contributed by atoms with Gasteiger partial charge in [-0.1, -0.05) is 43.3 Å². The molecule has 0 saturated carbocycles. The first-order valence-electron chi connectivity index (χ1n) is 9.80. The predicted molar refractivity (Wildman–Crippen MR) is 122 cm³/mol. The number of nitrogens with zero attached hydrogens (tertiary/aromatic N) is 1. The largest absolute Gasteiger partial charge is 0.321 e. The maximum atomic E-state index is 12.9. The fourth-order valence-electron chi connectivity index (χ4n) is 3.42. The Morgan fingerprint density at radius 2 is 1.63 bits per heavy atom. The van der Waals surface area contributed by atoms with Crippen LogP contribution in [0.25, 0.3) is 0 Å². The highest BCUT2D eigenvalue weighted by Gasteiger charge is 2.23. The summed E-state index contributed by atoms with van der Waals surface area (Å²) in [4.78, 5) is 13.1. The van der Waals surface area contributed by atoms with Crippen LogP contribution in [0, 0.1) is 13.8 Å². The fourth-order valence-corrected chi connectivity index (χ4v) is 4.70. The van der Waals surface area contributed by atoms with Crippen LogP contribution in [-0.2, 0) is 16.4 Å². The third-order valence-electron chi connectivity index (χ3n) is 5.18. The molecule has 0 bridgehead atoms. The van der Waals surface area contributed by atoms with Crippen LogP contribution < -0.4 is 9.62 Å². The lowest BCUT2D eigenvalue weighted by atomic mass is 10.0. The number of hydrogen-bond donors (Lipinski definition) is 1. The number of carbonyl (C=O) groups excluding carboxylic acids is 1. The Morgan fingerprint density at radius 1 is 0.933 bits per heavy atom. The van der Waals surface area contributed by atoms with E-state index in [9.17, 15) is 13.2 Å². The molecule has 30 heavy (non-hydrogen) atoms. The fraction of sp³-hybridized carbons (Fsp3) is 0.208. The monoisotopic (exact) mass is 422 g/mol. The van der Waals surface area contributed by atoms with Crippen molar-refractivity contribution in [2.24, 2.45) is 0 Å². The number of carbonyl (C=O) groups is 1. The second-order valence-corrected chi connectivity index (χ2v) is 9.17. The van der Waals surface area contributed by atoms with E-state index in [0.29, 0.717) is 16.8 Å². The topological polar surface area (TPSA) is 66.5 Å². The Bertz CT molecular complexity index is 1170. The molecule has 3 rings (SSSR count). The number of para-hydroxylation sites is 1. The van der Waals surface area contributed by atoms with Gasteiger partial charge in [-0.25, -0.2) is 8.42 Å². The Balaban J connectivity index is 1.88. The molecule has 0 aliphatic rings. The van der Waals surface area contributed by atoms with Crippen LogP contribution in [0.3, 0.4) is 0 Å². The summed E-state index contributed by atoms with van der Waals surface area (Å²) < 4.78 is 27.0. The second kappa shape index (κ2) is 8.71. The van der Waals surface area contributed by atoms with E-state index >= 15 is 0 Å². The molecule has 0 aromatic heterocycles. The van der Waals surface area contributed by atoms with Gasteiger partial charge >= 0.3 is 0 Å². The number of anilines is 2. The quantitative estimate of drug-likeness (QED) is 0.612. The third kappa shape index (κ3) is 4.24. The number of benzene rings is 3. The molecule has 5 nitrogen and oxygen atoms in total. The molecule has 0 unspecified atom stereocenters. The molecule has 6 heteroatoms. The lowest BCUT2D eigenvalue weighted by molar-refractivity contribution is 0.102. The molecule has 0 aliphatic carbocycles. The molecule has 1 amide bonds. The van der Waals surface area contributed by atoms with Gasteiger partial charge in [0.15, 0.2) is 0 Å². The molecule has 3 aromatic rings. The number of rotatable bonds is 6. The summed E-state index contributed by atoms with van der Waals surface area (Å²) in [5, 5.41) is 3.01. The molecule has 1 N–H and O–H groups in total. The van der Waals surface area contributed by atoms with Crippen LogP contribution in [0.5, 0.6) is 0 Å². The minimum absolute atomic E-state index is 0.220. The zero-order chi connectivity index (χ0) is 21.9. The molecule has 0 fully saturated rings. The van der Waals surface area contributed by atoms with Crippen LogP contribution in [-0.4, -0.2) is 21.4 Å². The number of sulfonamides is 1. The van der Waals surface area contributed by atoms with Crippen LogP contribution in [0.2, 0.25) is 0 Å². The van der Waals surface area contributed by atoms with E-state index in [1.165, 1.54) is 11.4 Å². The standard InChI is InChI=1S/C24H26N2O3S/c1-5-19-11-9-10-17(2)23(19)25-24(27)20-14-15-22(18(3)16-20)26(4)30(28,29)21-12-7-6-8-13-21/h6-16H,5H2,1-4H3,(H,25,27). The van der Waals surface area contributed by atoms with Crippen molar-refractivity contribution in [3.05, 3.63) is 89.0 Å². The van der Waals surface area contributed by atoms with Gasteiger partial charge in [-0.05, 0) is 67.3 Å². The number of nitrogens with one attached hydrogen (secondary N) is 1. The Morgan fingerprint density at radius 3 is 2.27 bits per heavy atom. The van der Waals surface area contributed by atoms with E-state index in [1.807, 2.05) is 32.0 Å². The van der Waals surface area contributed by atoms with Gasteiger partial charge in [0.1, 0.15) is 0 Å². The third-order valence-corrected chi connectivity index (χ3v) is 6.96. The van der Waals surface area contributed by atoms with Crippen molar-refractivity contribution in [3.63, 3.8) is 0 Å². The van der Waals surface area contributed by atoms with E-state index < -0.39 is 10.0 Å².